The Bertz CT molecular complexity index is 1270. The molecule has 0 atom stereocenters. The maximum Gasteiger partial charge on any atom is 0.236 e. The number of halogens is 1. The topological polar surface area (TPSA) is 99.4 Å². The van der Waals surface area contributed by atoms with E-state index >= 15 is 0 Å². The molecule has 0 spiro atoms. The van der Waals surface area contributed by atoms with Crippen LogP contribution in [0.15, 0.2) is 46.9 Å². The van der Waals surface area contributed by atoms with Gasteiger partial charge in [-0.25, -0.2) is 9.37 Å². The van der Waals surface area contributed by atoms with Crippen molar-refractivity contribution in [3.8, 4) is 22.5 Å². The molecule has 31 heavy (non-hydrogen) atoms. The number of carbonyl (C=O) groups is 1. The zero-order valence-corrected chi connectivity index (χ0v) is 18.3. The number of aromatic amines is 1. The maximum absolute atomic E-state index is 13.4. The highest BCUT2D eigenvalue weighted by Gasteiger charge is 2.21. The summed E-state index contributed by atoms with van der Waals surface area (Å²) in [6.45, 7) is 3.67. The molecule has 10 heteroatoms. The Kier molecular flexibility index (Phi) is 5.88. The van der Waals surface area contributed by atoms with Gasteiger partial charge in [0.05, 0.1) is 16.2 Å². The number of thiophene rings is 1. The number of nitriles is 1. The van der Waals surface area contributed by atoms with Gasteiger partial charge in [-0.2, -0.15) is 5.26 Å². The van der Waals surface area contributed by atoms with Gasteiger partial charge in [0.25, 0.3) is 0 Å². The van der Waals surface area contributed by atoms with Crippen molar-refractivity contribution < 1.29 is 9.18 Å². The summed E-state index contributed by atoms with van der Waals surface area (Å²) in [5, 5.41) is 21.9. The minimum atomic E-state index is -0.360. The molecule has 4 aromatic rings. The molecule has 0 radical (unpaired) electrons. The number of carbonyl (C=O) groups excluding carboxylic acids is 1. The zero-order chi connectivity index (χ0) is 22.0. The van der Waals surface area contributed by atoms with Crippen molar-refractivity contribution in [1.82, 2.24) is 19.7 Å². The molecule has 0 saturated heterocycles. The second-order valence-electron chi connectivity index (χ2n) is 6.64. The second kappa shape index (κ2) is 8.75. The van der Waals surface area contributed by atoms with E-state index < -0.39 is 0 Å². The summed E-state index contributed by atoms with van der Waals surface area (Å²) in [7, 11) is 0. The lowest BCUT2D eigenvalue weighted by atomic mass is 10.2. The fourth-order valence-corrected chi connectivity index (χ4v) is 4.37. The second-order valence-corrected chi connectivity index (χ2v) is 8.53. The Hall–Kier alpha value is -3.42. The van der Waals surface area contributed by atoms with Crippen LogP contribution in [0.5, 0.6) is 0 Å². The molecule has 0 aliphatic heterocycles. The Morgan fingerprint density at radius 2 is 2.10 bits per heavy atom. The van der Waals surface area contributed by atoms with Crippen LogP contribution in [0.4, 0.5) is 10.2 Å². The van der Waals surface area contributed by atoms with Crippen molar-refractivity contribution in [2.75, 3.05) is 11.1 Å². The van der Waals surface area contributed by atoms with Gasteiger partial charge >= 0.3 is 0 Å². The molecule has 7 nitrogen and oxygen atoms in total. The van der Waals surface area contributed by atoms with Crippen LogP contribution in [0.25, 0.3) is 16.4 Å². The van der Waals surface area contributed by atoms with E-state index in [4.69, 9.17) is 0 Å². The molecule has 1 aromatic carbocycles. The fourth-order valence-electron chi connectivity index (χ4n) is 3.11. The molecule has 3 heterocycles. The van der Waals surface area contributed by atoms with Crippen LogP contribution < -0.4 is 5.32 Å². The Morgan fingerprint density at radius 3 is 2.77 bits per heavy atom. The van der Waals surface area contributed by atoms with Gasteiger partial charge in [0.1, 0.15) is 17.7 Å². The van der Waals surface area contributed by atoms with Crippen LogP contribution in [-0.2, 0) is 4.79 Å². The molecule has 0 bridgehead atoms. The van der Waals surface area contributed by atoms with E-state index in [1.54, 1.807) is 28.0 Å². The van der Waals surface area contributed by atoms with Gasteiger partial charge in [0.2, 0.25) is 11.1 Å². The number of nitrogens with one attached hydrogen (secondary N) is 2. The highest BCUT2D eigenvalue weighted by atomic mass is 32.2. The van der Waals surface area contributed by atoms with Crippen molar-refractivity contribution >= 4 is 34.8 Å². The minimum absolute atomic E-state index is 0.0687. The molecular weight excluding hydrogens is 435 g/mol. The lowest BCUT2D eigenvalue weighted by Gasteiger charge is -2.13. The predicted molar refractivity (Wildman–Crippen MR) is 119 cm³/mol. The van der Waals surface area contributed by atoms with Gasteiger partial charge in [0, 0.05) is 11.4 Å². The quantitative estimate of drug-likeness (QED) is 0.414. The largest absolute Gasteiger partial charge is 0.310 e. The third kappa shape index (κ3) is 4.23. The third-order valence-electron chi connectivity index (χ3n) is 4.72. The predicted octanol–water partition coefficient (Wildman–Crippen LogP) is 4.68. The van der Waals surface area contributed by atoms with Crippen LogP contribution >= 0.6 is 23.1 Å². The van der Waals surface area contributed by atoms with Gasteiger partial charge in [-0.1, -0.05) is 17.8 Å². The summed E-state index contributed by atoms with van der Waals surface area (Å²) in [4.78, 5) is 18.0. The lowest BCUT2D eigenvalue weighted by Crippen LogP contribution is -2.17. The number of nitrogens with zero attached hydrogens (tertiary/aromatic N) is 4. The average Bonchev–Trinajstić information content (AvgIpc) is 3.49. The molecule has 2 N–H and O–H groups in total. The number of anilines is 1. The SMILES string of the molecule is Cc1c(C#N)c(NC(=O)CSc2n[nH]c(-c3cccs3)n2)n(-c2ccc(F)cc2)c1C. The first-order valence-electron chi connectivity index (χ1n) is 9.24. The van der Waals surface area contributed by atoms with Crippen LogP contribution in [0.3, 0.4) is 0 Å². The van der Waals surface area contributed by atoms with Gasteiger partial charge in [-0.3, -0.25) is 14.5 Å². The highest BCUT2D eigenvalue weighted by Crippen LogP contribution is 2.30. The van der Waals surface area contributed by atoms with E-state index in [9.17, 15) is 14.4 Å². The van der Waals surface area contributed by atoms with Crippen LogP contribution in [0.1, 0.15) is 16.8 Å². The number of amides is 1. The summed E-state index contributed by atoms with van der Waals surface area (Å²) < 4.78 is 15.1. The molecule has 0 unspecified atom stereocenters. The summed E-state index contributed by atoms with van der Waals surface area (Å²) in [5.74, 6) is 0.426. The number of H-pyrrole nitrogens is 1. The number of aromatic nitrogens is 4. The molecule has 0 fully saturated rings. The van der Waals surface area contributed by atoms with E-state index in [1.165, 1.54) is 23.9 Å². The maximum atomic E-state index is 13.4. The minimum Gasteiger partial charge on any atom is -0.310 e. The highest BCUT2D eigenvalue weighted by molar-refractivity contribution is 7.99. The van der Waals surface area contributed by atoms with Gasteiger partial charge < -0.3 is 5.32 Å². The van der Waals surface area contributed by atoms with Crippen molar-refractivity contribution in [2.45, 2.75) is 19.0 Å². The Morgan fingerprint density at radius 1 is 1.32 bits per heavy atom. The van der Waals surface area contributed by atoms with Gasteiger partial charge in [-0.15, -0.1) is 16.4 Å². The van der Waals surface area contributed by atoms with E-state index in [2.05, 4.69) is 26.6 Å². The van der Waals surface area contributed by atoms with Crippen molar-refractivity contribution in [3.63, 3.8) is 0 Å². The lowest BCUT2D eigenvalue weighted by molar-refractivity contribution is -0.113. The third-order valence-corrected chi connectivity index (χ3v) is 6.44. The first-order valence-corrected chi connectivity index (χ1v) is 11.1. The number of hydrogen-bond donors (Lipinski definition) is 2. The van der Waals surface area contributed by atoms with Gasteiger partial charge in [0.15, 0.2) is 5.82 Å². The van der Waals surface area contributed by atoms with E-state index in [0.29, 0.717) is 28.0 Å². The zero-order valence-electron chi connectivity index (χ0n) is 16.6. The first-order chi connectivity index (χ1) is 15.0. The monoisotopic (exact) mass is 452 g/mol. The van der Waals surface area contributed by atoms with E-state index in [-0.39, 0.29) is 17.5 Å². The number of thioether (sulfide) groups is 1. The number of hydrogen-bond acceptors (Lipinski definition) is 6. The average molecular weight is 453 g/mol. The molecule has 0 aliphatic rings. The van der Waals surface area contributed by atoms with E-state index in [1.807, 2.05) is 31.4 Å². The van der Waals surface area contributed by atoms with Crippen molar-refractivity contribution in [1.29, 1.82) is 5.26 Å². The Balaban J connectivity index is 1.53. The summed E-state index contributed by atoms with van der Waals surface area (Å²) in [6, 6.07) is 11.9. The van der Waals surface area contributed by atoms with Crippen LogP contribution in [0, 0.1) is 31.0 Å². The smallest absolute Gasteiger partial charge is 0.236 e. The number of benzene rings is 1. The van der Waals surface area contributed by atoms with Crippen molar-refractivity contribution in [2.24, 2.45) is 0 Å². The van der Waals surface area contributed by atoms with Crippen LogP contribution in [0.2, 0.25) is 0 Å². The van der Waals surface area contributed by atoms with Crippen LogP contribution in [-0.4, -0.2) is 31.4 Å². The van der Waals surface area contributed by atoms with Gasteiger partial charge in [-0.05, 0) is 55.1 Å². The molecule has 0 saturated carbocycles. The molecule has 156 valence electrons. The molecule has 1 amide bonds. The summed E-state index contributed by atoms with van der Waals surface area (Å²) in [6.07, 6.45) is 0. The normalized spacial score (nSPS) is 10.8. The van der Waals surface area contributed by atoms with Crippen molar-refractivity contribution in [3.05, 3.63) is 64.4 Å². The number of rotatable bonds is 6. The molecule has 4 rings (SSSR count). The first kappa shape index (κ1) is 20.8. The Labute approximate surface area is 185 Å². The molecule has 3 aromatic heterocycles. The molecule has 0 aliphatic carbocycles. The summed E-state index contributed by atoms with van der Waals surface area (Å²) >= 11 is 2.74. The molecular formula is C21H17FN6OS2. The standard InChI is InChI=1S/C21H17FN6OS2/c1-12-13(2)28(15-7-5-14(22)6-8-15)20(16(12)10-23)24-18(29)11-31-21-25-19(26-27-21)17-4-3-9-30-17/h3-9H,11H2,1-2H3,(H,24,29)(H,25,26,27). The summed E-state index contributed by atoms with van der Waals surface area (Å²) in [5.41, 5.74) is 2.57. The fraction of sp³-hybridized carbons (Fsp3) is 0.143. The van der Waals surface area contributed by atoms with E-state index in [0.717, 1.165) is 16.1 Å².